The standard InChI is InChI=1S/C12H15BrCl2N2O2S/c13-8-6-10(14)12(11(15)7-8)20(18,19)17-5-3-9-2-1-4-16-9/h6-7,9,16-17H,1-5H2/t9-/m0/s1. The molecule has 0 aromatic heterocycles. The molecule has 2 rings (SSSR count). The molecule has 20 heavy (non-hydrogen) atoms. The summed E-state index contributed by atoms with van der Waals surface area (Å²) in [5.74, 6) is 0. The second-order valence-corrected chi connectivity index (χ2v) is 8.11. The maximum Gasteiger partial charge on any atom is 0.243 e. The van der Waals surface area contributed by atoms with Crippen molar-refractivity contribution in [2.24, 2.45) is 0 Å². The highest BCUT2D eigenvalue weighted by molar-refractivity contribution is 9.10. The molecule has 1 aromatic carbocycles. The van der Waals surface area contributed by atoms with E-state index in [1.165, 1.54) is 12.1 Å². The molecule has 1 aliphatic heterocycles. The van der Waals surface area contributed by atoms with Gasteiger partial charge in [-0.2, -0.15) is 0 Å². The number of hydrogen-bond donors (Lipinski definition) is 2. The van der Waals surface area contributed by atoms with E-state index in [9.17, 15) is 8.42 Å². The van der Waals surface area contributed by atoms with Crippen molar-refractivity contribution in [3.63, 3.8) is 0 Å². The fourth-order valence-corrected chi connectivity index (χ4v) is 5.21. The van der Waals surface area contributed by atoms with Gasteiger partial charge < -0.3 is 5.32 Å². The van der Waals surface area contributed by atoms with Crippen molar-refractivity contribution in [2.75, 3.05) is 13.1 Å². The van der Waals surface area contributed by atoms with Gasteiger partial charge in [0.25, 0.3) is 0 Å². The maximum atomic E-state index is 12.2. The minimum Gasteiger partial charge on any atom is -0.314 e. The highest BCUT2D eigenvalue weighted by Gasteiger charge is 2.23. The van der Waals surface area contributed by atoms with Gasteiger partial charge in [-0.15, -0.1) is 0 Å². The van der Waals surface area contributed by atoms with Crippen LogP contribution in [0.2, 0.25) is 10.0 Å². The summed E-state index contributed by atoms with van der Waals surface area (Å²) >= 11 is 15.2. The Morgan fingerprint density at radius 1 is 1.35 bits per heavy atom. The molecule has 1 fully saturated rings. The van der Waals surface area contributed by atoms with Crippen molar-refractivity contribution in [3.8, 4) is 0 Å². The average Bonchev–Trinajstić information content (AvgIpc) is 2.79. The molecule has 0 amide bonds. The predicted molar refractivity (Wildman–Crippen MR) is 85.0 cm³/mol. The van der Waals surface area contributed by atoms with Crippen LogP contribution in [0.1, 0.15) is 19.3 Å². The lowest BCUT2D eigenvalue weighted by Gasteiger charge is -2.13. The van der Waals surface area contributed by atoms with Crippen LogP contribution in [-0.2, 0) is 10.0 Å². The van der Waals surface area contributed by atoms with Crippen LogP contribution in [0.4, 0.5) is 0 Å². The molecule has 0 bridgehead atoms. The van der Waals surface area contributed by atoms with Crippen molar-refractivity contribution in [1.82, 2.24) is 10.0 Å². The lowest BCUT2D eigenvalue weighted by Crippen LogP contribution is -2.31. The highest BCUT2D eigenvalue weighted by atomic mass is 79.9. The van der Waals surface area contributed by atoms with Crippen molar-refractivity contribution in [2.45, 2.75) is 30.2 Å². The van der Waals surface area contributed by atoms with E-state index >= 15 is 0 Å². The molecular weight excluding hydrogens is 387 g/mol. The summed E-state index contributed by atoms with van der Waals surface area (Å²) in [6.07, 6.45) is 2.98. The summed E-state index contributed by atoms with van der Waals surface area (Å²) in [6.45, 7) is 1.37. The number of rotatable bonds is 5. The zero-order valence-corrected chi connectivity index (χ0v) is 14.5. The molecule has 8 heteroatoms. The lowest BCUT2D eigenvalue weighted by molar-refractivity contribution is 0.539. The molecule has 0 saturated carbocycles. The zero-order chi connectivity index (χ0) is 14.8. The Bertz CT molecular complexity index is 566. The zero-order valence-electron chi connectivity index (χ0n) is 10.6. The number of hydrogen-bond acceptors (Lipinski definition) is 3. The van der Waals surface area contributed by atoms with Gasteiger partial charge in [-0.1, -0.05) is 39.1 Å². The van der Waals surface area contributed by atoms with E-state index in [0.717, 1.165) is 25.8 Å². The van der Waals surface area contributed by atoms with E-state index in [2.05, 4.69) is 26.0 Å². The summed E-state index contributed by atoms with van der Waals surface area (Å²) in [7, 11) is -3.69. The van der Waals surface area contributed by atoms with Crippen LogP contribution in [0, 0.1) is 0 Å². The van der Waals surface area contributed by atoms with Gasteiger partial charge in [0.2, 0.25) is 10.0 Å². The predicted octanol–water partition coefficient (Wildman–Crippen LogP) is 3.18. The van der Waals surface area contributed by atoms with Crippen LogP contribution < -0.4 is 10.0 Å². The van der Waals surface area contributed by atoms with Crippen LogP contribution in [-0.4, -0.2) is 27.5 Å². The highest BCUT2D eigenvalue weighted by Crippen LogP contribution is 2.32. The smallest absolute Gasteiger partial charge is 0.243 e. The largest absolute Gasteiger partial charge is 0.314 e. The Morgan fingerprint density at radius 3 is 2.55 bits per heavy atom. The minimum absolute atomic E-state index is 0.0663. The molecule has 0 unspecified atom stereocenters. The van der Waals surface area contributed by atoms with Crippen LogP contribution >= 0.6 is 39.1 Å². The van der Waals surface area contributed by atoms with Crippen LogP contribution in [0.5, 0.6) is 0 Å². The summed E-state index contributed by atoms with van der Waals surface area (Å²) in [5, 5.41) is 3.53. The molecule has 0 radical (unpaired) electrons. The van der Waals surface area contributed by atoms with Crippen molar-refractivity contribution in [1.29, 1.82) is 0 Å². The monoisotopic (exact) mass is 400 g/mol. The first-order valence-electron chi connectivity index (χ1n) is 6.28. The molecule has 1 aliphatic rings. The fraction of sp³-hybridized carbons (Fsp3) is 0.500. The molecule has 112 valence electrons. The summed E-state index contributed by atoms with van der Waals surface area (Å²) in [5.41, 5.74) is 0. The minimum atomic E-state index is -3.69. The van der Waals surface area contributed by atoms with Gasteiger partial charge in [-0.25, -0.2) is 13.1 Å². The Balaban J connectivity index is 2.06. The van der Waals surface area contributed by atoms with Gasteiger partial charge >= 0.3 is 0 Å². The third-order valence-corrected chi connectivity index (χ3v) is 6.02. The summed E-state index contributed by atoms with van der Waals surface area (Å²) in [6, 6.07) is 3.41. The van der Waals surface area contributed by atoms with E-state index in [1.807, 2.05) is 0 Å². The average molecular weight is 402 g/mol. The third-order valence-electron chi connectivity index (χ3n) is 3.18. The van der Waals surface area contributed by atoms with Gasteiger partial charge in [0, 0.05) is 17.1 Å². The Kier molecular flexibility index (Phi) is 5.73. The number of nitrogens with one attached hydrogen (secondary N) is 2. The fourth-order valence-electron chi connectivity index (χ4n) is 2.23. The van der Waals surface area contributed by atoms with E-state index in [1.54, 1.807) is 0 Å². The topological polar surface area (TPSA) is 58.2 Å². The number of sulfonamides is 1. The first-order valence-corrected chi connectivity index (χ1v) is 9.31. The van der Waals surface area contributed by atoms with Crippen molar-refractivity contribution in [3.05, 3.63) is 26.7 Å². The Labute approximate surface area is 137 Å². The molecule has 2 N–H and O–H groups in total. The van der Waals surface area contributed by atoms with E-state index in [4.69, 9.17) is 23.2 Å². The van der Waals surface area contributed by atoms with Gasteiger partial charge in [0.15, 0.2) is 0 Å². The van der Waals surface area contributed by atoms with Crippen LogP contribution in [0.15, 0.2) is 21.5 Å². The molecule has 1 atom stereocenters. The Hall–Kier alpha value is 0.150. The Morgan fingerprint density at radius 2 is 2.00 bits per heavy atom. The van der Waals surface area contributed by atoms with Gasteiger partial charge in [0.1, 0.15) is 4.90 Å². The van der Waals surface area contributed by atoms with Crippen molar-refractivity contribution < 1.29 is 8.42 Å². The molecule has 0 spiro atoms. The second-order valence-electron chi connectivity index (χ2n) is 4.68. The normalized spacial score (nSPS) is 19.4. The molecule has 1 saturated heterocycles. The van der Waals surface area contributed by atoms with Gasteiger partial charge in [-0.05, 0) is 37.9 Å². The molecule has 0 aliphatic carbocycles. The van der Waals surface area contributed by atoms with E-state index < -0.39 is 10.0 Å². The molecule has 1 aromatic rings. The number of benzene rings is 1. The molecular formula is C12H15BrCl2N2O2S. The molecule has 4 nitrogen and oxygen atoms in total. The van der Waals surface area contributed by atoms with Crippen LogP contribution in [0.25, 0.3) is 0 Å². The lowest BCUT2D eigenvalue weighted by atomic mass is 10.2. The van der Waals surface area contributed by atoms with E-state index in [0.29, 0.717) is 17.1 Å². The van der Waals surface area contributed by atoms with Gasteiger partial charge in [0.05, 0.1) is 10.0 Å². The summed E-state index contributed by atoms with van der Waals surface area (Å²) < 4.78 is 27.7. The first-order chi connectivity index (χ1) is 9.40. The summed E-state index contributed by atoms with van der Waals surface area (Å²) in [4.78, 5) is -0.0663. The van der Waals surface area contributed by atoms with Crippen molar-refractivity contribution >= 4 is 49.2 Å². The van der Waals surface area contributed by atoms with E-state index in [-0.39, 0.29) is 14.9 Å². The molecule has 1 heterocycles. The quantitative estimate of drug-likeness (QED) is 0.796. The van der Waals surface area contributed by atoms with Crippen LogP contribution in [0.3, 0.4) is 0 Å². The number of halogens is 3. The third kappa shape index (κ3) is 4.08. The second kappa shape index (κ2) is 6.94. The first kappa shape index (κ1) is 16.5. The van der Waals surface area contributed by atoms with Gasteiger partial charge in [-0.3, -0.25) is 0 Å². The maximum absolute atomic E-state index is 12.2. The SMILES string of the molecule is O=S(=O)(NCC[C@@H]1CCCN1)c1c(Cl)cc(Br)cc1Cl.